The summed E-state index contributed by atoms with van der Waals surface area (Å²) in [6.45, 7) is 10.1. The van der Waals surface area contributed by atoms with E-state index in [1.54, 1.807) is 0 Å². The van der Waals surface area contributed by atoms with Crippen LogP contribution in [0.2, 0.25) is 0 Å². The molecule has 0 bridgehead atoms. The van der Waals surface area contributed by atoms with Crippen molar-refractivity contribution in [1.29, 1.82) is 0 Å². The third-order valence-corrected chi connectivity index (χ3v) is 5.82. The van der Waals surface area contributed by atoms with Crippen molar-refractivity contribution in [3.63, 3.8) is 0 Å². The molecule has 2 rings (SSSR count). The first kappa shape index (κ1) is 12.3. The van der Waals surface area contributed by atoms with Crippen LogP contribution in [-0.2, 0) is 11.0 Å². The number of hydrogen-bond donors (Lipinski definition) is 0. The smallest absolute Gasteiger partial charge is 0.101 e. The number of hydrogen-bond acceptors (Lipinski definition) is 1. The minimum Gasteiger partial charge on any atom is -0.242 e. The van der Waals surface area contributed by atoms with Gasteiger partial charge in [-0.25, -0.2) is 8.51 Å². The molecule has 0 aromatic carbocycles. The molecule has 0 aromatic rings. The summed E-state index contributed by atoms with van der Waals surface area (Å²) in [6, 6.07) is 0.354. The third kappa shape index (κ3) is 1.78. The van der Waals surface area contributed by atoms with Gasteiger partial charge in [-0.15, -0.1) is 6.58 Å². The molecule has 16 heavy (non-hydrogen) atoms. The first-order chi connectivity index (χ1) is 7.43. The number of nitrogens with zero attached hydrogens (tertiary/aromatic N) is 1. The summed E-state index contributed by atoms with van der Waals surface area (Å²) < 4.78 is 14.5. The van der Waals surface area contributed by atoms with Gasteiger partial charge in [-0.2, -0.15) is 0 Å². The maximum absolute atomic E-state index is 12.5. The molecule has 1 aliphatic heterocycles. The standard InChI is InChI=1S/C13H23NOS/c1-5-11-13(9-7-6-8-10-13)14(11)16(15)12(2,3)4/h5,11H,1,6-10H2,2-4H3/t11-,14?,16?/m1/s1. The van der Waals surface area contributed by atoms with E-state index >= 15 is 0 Å². The molecule has 2 aliphatic rings. The Balaban J connectivity index is 2.17. The van der Waals surface area contributed by atoms with Gasteiger partial charge in [-0.3, -0.25) is 0 Å². The minimum atomic E-state index is -0.883. The molecular weight excluding hydrogens is 218 g/mol. The Morgan fingerprint density at radius 2 is 1.88 bits per heavy atom. The summed E-state index contributed by atoms with van der Waals surface area (Å²) in [7, 11) is -0.883. The third-order valence-electron chi connectivity index (χ3n) is 3.82. The molecule has 2 unspecified atom stereocenters. The van der Waals surface area contributed by atoms with Crippen LogP contribution in [-0.4, -0.2) is 24.8 Å². The van der Waals surface area contributed by atoms with Crippen LogP contribution in [0.5, 0.6) is 0 Å². The van der Waals surface area contributed by atoms with Crippen molar-refractivity contribution in [2.24, 2.45) is 0 Å². The van der Waals surface area contributed by atoms with E-state index < -0.39 is 11.0 Å². The van der Waals surface area contributed by atoms with Gasteiger partial charge in [-0.05, 0) is 33.6 Å². The quantitative estimate of drug-likeness (QED) is 0.537. The van der Waals surface area contributed by atoms with Crippen molar-refractivity contribution in [2.45, 2.75) is 69.2 Å². The van der Waals surface area contributed by atoms with Gasteiger partial charge in [0.15, 0.2) is 0 Å². The van der Waals surface area contributed by atoms with Crippen LogP contribution >= 0.6 is 0 Å². The highest BCUT2D eigenvalue weighted by Gasteiger charge is 2.64. The molecule has 1 saturated heterocycles. The van der Waals surface area contributed by atoms with Crippen molar-refractivity contribution in [2.75, 3.05) is 0 Å². The van der Waals surface area contributed by atoms with Crippen molar-refractivity contribution in [3.05, 3.63) is 12.7 Å². The van der Waals surface area contributed by atoms with E-state index in [0.29, 0.717) is 6.04 Å². The second kappa shape index (κ2) is 3.95. The van der Waals surface area contributed by atoms with E-state index in [2.05, 4.69) is 31.7 Å². The molecule has 0 amide bonds. The predicted octanol–water partition coefficient (Wildman–Crippen LogP) is 3.02. The fourth-order valence-corrected chi connectivity index (χ4v) is 4.58. The van der Waals surface area contributed by atoms with E-state index in [1.807, 2.05) is 6.08 Å². The highest BCUT2D eigenvalue weighted by Crippen LogP contribution is 2.54. The van der Waals surface area contributed by atoms with E-state index in [4.69, 9.17) is 0 Å². The van der Waals surface area contributed by atoms with Crippen LogP contribution in [0.15, 0.2) is 12.7 Å². The maximum atomic E-state index is 12.5. The lowest BCUT2D eigenvalue weighted by atomic mass is 9.86. The Morgan fingerprint density at radius 3 is 2.31 bits per heavy atom. The molecular formula is C13H23NOS. The zero-order chi connectivity index (χ0) is 12.0. The van der Waals surface area contributed by atoms with Crippen molar-refractivity contribution in [3.8, 4) is 0 Å². The van der Waals surface area contributed by atoms with Gasteiger partial charge in [0, 0.05) is 0 Å². The second-order valence-electron chi connectivity index (χ2n) is 6.03. The summed E-state index contributed by atoms with van der Waals surface area (Å²) in [5.74, 6) is 0. The lowest BCUT2D eigenvalue weighted by molar-refractivity contribution is 0.368. The van der Waals surface area contributed by atoms with Gasteiger partial charge >= 0.3 is 0 Å². The topological polar surface area (TPSA) is 20.1 Å². The molecule has 3 heteroatoms. The Bertz CT molecular complexity index is 312. The van der Waals surface area contributed by atoms with Crippen LogP contribution in [0.25, 0.3) is 0 Å². The van der Waals surface area contributed by atoms with Crippen molar-refractivity contribution >= 4 is 11.0 Å². The monoisotopic (exact) mass is 241 g/mol. The predicted molar refractivity (Wildman–Crippen MR) is 69.5 cm³/mol. The minimum absolute atomic E-state index is 0.151. The van der Waals surface area contributed by atoms with Gasteiger partial charge in [0.1, 0.15) is 11.0 Å². The average molecular weight is 241 g/mol. The molecule has 1 aliphatic carbocycles. The normalized spacial score (nSPS) is 34.7. The molecule has 1 heterocycles. The van der Waals surface area contributed by atoms with Gasteiger partial charge < -0.3 is 0 Å². The van der Waals surface area contributed by atoms with Crippen LogP contribution < -0.4 is 0 Å². The molecule has 2 nitrogen and oxygen atoms in total. The van der Waals surface area contributed by atoms with E-state index in [-0.39, 0.29) is 10.3 Å². The van der Waals surface area contributed by atoms with Crippen LogP contribution in [0, 0.1) is 0 Å². The Kier molecular flexibility index (Phi) is 3.04. The van der Waals surface area contributed by atoms with E-state index in [1.165, 1.54) is 32.1 Å². The zero-order valence-electron chi connectivity index (χ0n) is 10.7. The molecule has 0 radical (unpaired) electrons. The van der Waals surface area contributed by atoms with Gasteiger partial charge in [-0.1, -0.05) is 25.3 Å². The second-order valence-corrected chi connectivity index (χ2v) is 8.15. The molecule has 1 spiro atoms. The van der Waals surface area contributed by atoms with Crippen LogP contribution in [0.4, 0.5) is 0 Å². The molecule has 3 atom stereocenters. The zero-order valence-corrected chi connectivity index (χ0v) is 11.5. The van der Waals surface area contributed by atoms with Gasteiger partial charge in [0.25, 0.3) is 0 Å². The Labute approximate surface area is 102 Å². The van der Waals surface area contributed by atoms with Crippen molar-refractivity contribution in [1.82, 2.24) is 4.31 Å². The maximum Gasteiger partial charge on any atom is 0.101 e. The SMILES string of the molecule is C=C[C@H]1N(S(=O)C(C)(C)C)C12CCCCC2. The first-order valence-electron chi connectivity index (χ1n) is 6.27. The molecule has 2 fully saturated rings. The summed E-state index contributed by atoms with van der Waals surface area (Å²) in [5.41, 5.74) is 0.206. The summed E-state index contributed by atoms with van der Waals surface area (Å²) in [6.07, 6.45) is 8.29. The molecule has 92 valence electrons. The van der Waals surface area contributed by atoms with Gasteiger partial charge in [0.05, 0.1) is 16.3 Å². The van der Waals surface area contributed by atoms with Crippen molar-refractivity contribution < 1.29 is 4.21 Å². The van der Waals surface area contributed by atoms with Gasteiger partial charge in [0.2, 0.25) is 0 Å². The lowest BCUT2D eigenvalue weighted by Crippen LogP contribution is -2.32. The lowest BCUT2D eigenvalue weighted by Gasteiger charge is -2.25. The fraction of sp³-hybridized carbons (Fsp3) is 0.846. The van der Waals surface area contributed by atoms with E-state index in [0.717, 1.165) is 0 Å². The largest absolute Gasteiger partial charge is 0.242 e. The van der Waals surface area contributed by atoms with Crippen LogP contribution in [0.1, 0.15) is 52.9 Å². The van der Waals surface area contributed by atoms with Crippen LogP contribution in [0.3, 0.4) is 0 Å². The Morgan fingerprint density at radius 1 is 1.31 bits per heavy atom. The van der Waals surface area contributed by atoms with E-state index in [9.17, 15) is 4.21 Å². The number of rotatable bonds is 2. The summed E-state index contributed by atoms with van der Waals surface area (Å²) >= 11 is 0. The Hall–Kier alpha value is -0.150. The molecule has 0 N–H and O–H groups in total. The summed E-state index contributed by atoms with van der Waals surface area (Å²) in [5, 5.41) is 0. The molecule has 1 saturated carbocycles. The average Bonchev–Trinajstić information content (AvgIpc) is 2.83. The first-order valence-corrected chi connectivity index (χ1v) is 7.38. The highest BCUT2D eigenvalue weighted by atomic mass is 32.2. The molecule has 0 aromatic heterocycles. The fourth-order valence-electron chi connectivity index (χ4n) is 2.93. The highest BCUT2D eigenvalue weighted by molar-refractivity contribution is 7.84. The summed E-state index contributed by atoms with van der Waals surface area (Å²) in [4.78, 5) is 0.